The summed E-state index contributed by atoms with van der Waals surface area (Å²) < 4.78 is 10.8. The van der Waals surface area contributed by atoms with Gasteiger partial charge in [0, 0.05) is 13.1 Å². The van der Waals surface area contributed by atoms with Crippen molar-refractivity contribution >= 4 is 17.8 Å². The van der Waals surface area contributed by atoms with Crippen molar-refractivity contribution in [3.05, 3.63) is 101 Å². The monoisotopic (exact) mass is 500 g/mol. The molecule has 0 heterocycles. The van der Waals surface area contributed by atoms with Gasteiger partial charge in [0.15, 0.2) is 0 Å². The number of hydrogen-bond acceptors (Lipinski definition) is 5. The number of methoxy groups -OCH3 is 1. The highest BCUT2D eigenvalue weighted by molar-refractivity contribution is 5.97. The quantitative estimate of drug-likeness (QED) is 0.343. The summed E-state index contributed by atoms with van der Waals surface area (Å²) in [5.74, 6) is -0.619. The van der Waals surface area contributed by atoms with Gasteiger partial charge < -0.3 is 20.1 Å². The van der Waals surface area contributed by atoms with Crippen LogP contribution >= 0.6 is 0 Å². The molecular formula is C30H32N2O5. The molecule has 1 aliphatic rings. The van der Waals surface area contributed by atoms with Crippen LogP contribution in [-0.2, 0) is 19.7 Å². The number of fused-ring (bicyclic) bond motifs is 1. The van der Waals surface area contributed by atoms with E-state index in [0.717, 1.165) is 16.7 Å². The summed E-state index contributed by atoms with van der Waals surface area (Å²) in [5, 5.41) is 5.77. The topological polar surface area (TPSA) is 93.7 Å². The number of carbonyl (C=O) groups excluding carboxylic acids is 3. The number of benzene rings is 3. The third kappa shape index (κ3) is 5.21. The van der Waals surface area contributed by atoms with Gasteiger partial charge in [0.05, 0.1) is 25.2 Å². The zero-order valence-electron chi connectivity index (χ0n) is 21.2. The largest absolute Gasteiger partial charge is 0.496 e. The Bertz CT molecular complexity index is 1260. The minimum atomic E-state index is -0.965. The van der Waals surface area contributed by atoms with Crippen LogP contribution in [0.2, 0.25) is 0 Å². The summed E-state index contributed by atoms with van der Waals surface area (Å²) in [6.45, 7) is 2.63. The molecule has 192 valence electrons. The van der Waals surface area contributed by atoms with Crippen LogP contribution in [0.4, 0.5) is 0 Å². The van der Waals surface area contributed by atoms with E-state index in [2.05, 4.69) is 10.6 Å². The highest BCUT2D eigenvalue weighted by atomic mass is 16.5. The fraction of sp³-hybridized carbons (Fsp3) is 0.300. The first-order chi connectivity index (χ1) is 18.0. The summed E-state index contributed by atoms with van der Waals surface area (Å²) in [5.41, 5.74) is 1.96. The van der Waals surface area contributed by atoms with Crippen LogP contribution in [-0.4, -0.2) is 44.6 Å². The number of rotatable bonds is 9. The summed E-state index contributed by atoms with van der Waals surface area (Å²) >= 11 is 0. The second-order valence-corrected chi connectivity index (χ2v) is 8.92. The van der Waals surface area contributed by atoms with Crippen LogP contribution < -0.4 is 15.4 Å². The number of para-hydroxylation sites is 1. The maximum absolute atomic E-state index is 13.4. The molecule has 37 heavy (non-hydrogen) atoms. The van der Waals surface area contributed by atoms with E-state index < -0.39 is 11.3 Å². The standard InChI is InChI=1S/C30H32N2O5/c1-3-37-29(35)30(21-11-5-4-6-12-21)18-17-23(22-13-7-9-15-25(22)30)27(33)31-19-20-32-28(34)24-14-8-10-16-26(24)36-2/h4-16,23H,3,17-20H2,1-2H3,(H,31,33)(H,32,34). The molecule has 1 aliphatic carbocycles. The van der Waals surface area contributed by atoms with Crippen LogP contribution in [0.3, 0.4) is 0 Å². The van der Waals surface area contributed by atoms with Crippen LogP contribution in [0.25, 0.3) is 0 Å². The SMILES string of the molecule is CCOC(=O)C1(c2ccccc2)CCC(C(=O)NCCNC(=O)c2ccccc2OC)c2ccccc21. The van der Waals surface area contributed by atoms with Crippen molar-refractivity contribution in [2.45, 2.75) is 31.1 Å². The molecule has 2 amide bonds. The predicted octanol–water partition coefficient (Wildman–Crippen LogP) is 3.97. The van der Waals surface area contributed by atoms with Crippen molar-refractivity contribution in [3.8, 4) is 5.75 Å². The first-order valence-electron chi connectivity index (χ1n) is 12.5. The molecule has 0 bridgehead atoms. The van der Waals surface area contributed by atoms with Gasteiger partial charge in [-0.15, -0.1) is 0 Å². The summed E-state index contributed by atoms with van der Waals surface area (Å²) in [7, 11) is 1.52. The molecule has 2 unspecified atom stereocenters. The van der Waals surface area contributed by atoms with Gasteiger partial charge in [0.1, 0.15) is 11.2 Å². The summed E-state index contributed by atoms with van der Waals surface area (Å²) in [6.07, 6.45) is 0.944. The third-order valence-electron chi connectivity index (χ3n) is 6.87. The molecule has 3 aromatic rings. The minimum absolute atomic E-state index is 0.135. The van der Waals surface area contributed by atoms with Gasteiger partial charge in [-0.05, 0) is 48.6 Å². The lowest BCUT2D eigenvalue weighted by Gasteiger charge is -2.40. The Kier molecular flexibility index (Phi) is 8.23. The fourth-order valence-electron chi connectivity index (χ4n) is 5.13. The number of amides is 2. The van der Waals surface area contributed by atoms with Crippen LogP contribution in [0.5, 0.6) is 5.75 Å². The number of nitrogens with one attached hydrogen (secondary N) is 2. The summed E-state index contributed by atoms with van der Waals surface area (Å²) in [6, 6.07) is 24.2. The molecule has 0 aromatic heterocycles. The van der Waals surface area contributed by atoms with E-state index in [-0.39, 0.29) is 37.5 Å². The van der Waals surface area contributed by atoms with E-state index in [1.165, 1.54) is 7.11 Å². The van der Waals surface area contributed by atoms with Crippen LogP contribution in [0, 0.1) is 0 Å². The number of carbonyl (C=O) groups is 3. The molecule has 0 saturated heterocycles. The van der Waals surface area contributed by atoms with Gasteiger partial charge in [0.2, 0.25) is 5.91 Å². The van der Waals surface area contributed by atoms with Crippen LogP contribution in [0.15, 0.2) is 78.9 Å². The lowest BCUT2D eigenvalue weighted by Crippen LogP contribution is -2.45. The minimum Gasteiger partial charge on any atom is -0.496 e. The van der Waals surface area contributed by atoms with E-state index in [1.807, 2.05) is 54.6 Å². The Balaban J connectivity index is 1.49. The lowest BCUT2D eigenvalue weighted by molar-refractivity contribution is -0.149. The van der Waals surface area contributed by atoms with Crippen LogP contribution in [0.1, 0.15) is 52.7 Å². The van der Waals surface area contributed by atoms with E-state index in [1.54, 1.807) is 31.2 Å². The Morgan fingerprint density at radius 1 is 0.892 bits per heavy atom. The molecule has 0 fully saturated rings. The van der Waals surface area contributed by atoms with Gasteiger partial charge in [0.25, 0.3) is 5.91 Å². The number of hydrogen-bond donors (Lipinski definition) is 2. The van der Waals surface area contributed by atoms with Crippen molar-refractivity contribution in [1.29, 1.82) is 0 Å². The molecule has 0 radical (unpaired) electrons. The average molecular weight is 501 g/mol. The van der Waals surface area contributed by atoms with Gasteiger partial charge in [-0.2, -0.15) is 0 Å². The summed E-state index contributed by atoms with van der Waals surface area (Å²) in [4.78, 5) is 39.2. The first-order valence-corrected chi connectivity index (χ1v) is 12.5. The molecular weight excluding hydrogens is 468 g/mol. The molecule has 4 rings (SSSR count). The normalized spacial score (nSPS) is 18.3. The van der Waals surface area contributed by atoms with Crippen molar-refractivity contribution in [3.63, 3.8) is 0 Å². The highest BCUT2D eigenvalue weighted by Crippen LogP contribution is 2.47. The molecule has 0 spiro atoms. The Labute approximate surface area is 217 Å². The maximum atomic E-state index is 13.4. The second-order valence-electron chi connectivity index (χ2n) is 8.92. The molecule has 0 aliphatic heterocycles. The fourth-order valence-corrected chi connectivity index (χ4v) is 5.13. The van der Waals surface area contributed by atoms with Crippen molar-refractivity contribution in [1.82, 2.24) is 10.6 Å². The number of esters is 1. The molecule has 7 nitrogen and oxygen atoms in total. The van der Waals surface area contributed by atoms with Gasteiger partial charge >= 0.3 is 5.97 Å². The highest BCUT2D eigenvalue weighted by Gasteiger charge is 2.49. The van der Waals surface area contributed by atoms with E-state index >= 15 is 0 Å². The Hall–Kier alpha value is -4.13. The molecule has 0 saturated carbocycles. The van der Waals surface area contributed by atoms with E-state index in [9.17, 15) is 14.4 Å². The van der Waals surface area contributed by atoms with E-state index in [4.69, 9.17) is 9.47 Å². The average Bonchev–Trinajstić information content (AvgIpc) is 2.95. The smallest absolute Gasteiger partial charge is 0.321 e. The second kappa shape index (κ2) is 11.7. The molecule has 2 N–H and O–H groups in total. The zero-order chi connectivity index (χ0) is 26.3. The Morgan fingerprint density at radius 3 is 2.32 bits per heavy atom. The molecule has 3 aromatic carbocycles. The van der Waals surface area contributed by atoms with Gasteiger partial charge in [-0.3, -0.25) is 14.4 Å². The lowest BCUT2D eigenvalue weighted by atomic mass is 9.63. The van der Waals surface area contributed by atoms with Crippen molar-refractivity contribution in [2.75, 3.05) is 26.8 Å². The van der Waals surface area contributed by atoms with Gasteiger partial charge in [-0.1, -0.05) is 66.7 Å². The zero-order valence-corrected chi connectivity index (χ0v) is 21.2. The molecule has 7 heteroatoms. The van der Waals surface area contributed by atoms with E-state index in [0.29, 0.717) is 24.2 Å². The molecule has 2 atom stereocenters. The predicted molar refractivity (Wildman–Crippen MR) is 141 cm³/mol. The van der Waals surface area contributed by atoms with Crippen molar-refractivity contribution < 1.29 is 23.9 Å². The Morgan fingerprint density at radius 2 is 1.57 bits per heavy atom. The third-order valence-corrected chi connectivity index (χ3v) is 6.87. The maximum Gasteiger partial charge on any atom is 0.321 e. The van der Waals surface area contributed by atoms with Crippen molar-refractivity contribution in [2.24, 2.45) is 0 Å². The first kappa shape index (κ1) is 25.9. The van der Waals surface area contributed by atoms with Gasteiger partial charge in [-0.25, -0.2) is 0 Å². The number of ether oxygens (including phenoxy) is 2.